The van der Waals surface area contributed by atoms with Crippen LogP contribution in [0.15, 0.2) is 0 Å². The first-order valence-corrected chi connectivity index (χ1v) is 4.46. The number of hydrogen-bond acceptors (Lipinski definition) is 4. The van der Waals surface area contributed by atoms with Crippen molar-refractivity contribution in [2.24, 2.45) is 0 Å². The minimum Gasteiger partial charge on any atom is -0.466 e. The molecule has 1 spiro atoms. The highest BCUT2D eigenvalue weighted by molar-refractivity contribution is 6.36. The third-order valence-electron chi connectivity index (χ3n) is 2.78. The third kappa shape index (κ3) is 1.02. The van der Waals surface area contributed by atoms with Crippen LogP contribution < -0.4 is 0 Å². The minimum atomic E-state index is -1.24. The smallest absolute Gasteiger partial charge is 0.357 e. The number of carbonyl (C=O) groups excluding carboxylic acids is 1. The van der Waals surface area contributed by atoms with Crippen LogP contribution in [0.25, 0.3) is 0 Å². The van der Waals surface area contributed by atoms with E-state index in [0.717, 1.165) is 0 Å². The van der Waals surface area contributed by atoms with E-state index in [-0.39, 0.29) is 6.10 Å². The lowest BCUT2D eigenvalue weighted by Crippen LogP contribution is -2.44. The van der Waals surface area contributed by atoms with Gasteiger partial charge in [0, 0.05) is 20.0 Å². The van der Waals surface area contributed by atoms with Crippen LogP contribution in [0.5, 0.6) is 0 Å². The van der Waals surface area contributed by atoms with Gasteiger partial charge in [0.1, 0.15) is 5.60 Å². The van der Waals surface area contributed by atoms with Gasteiger partial charge in [0.05, 0.1) is 13.2 Å². The fourth-order valence-electron chi connectivity index (χ4n) is 1.79. The molecule has 0 aromatic rings. The van der Waals surface area contributed by atoms with Crippen molar-refractivity contribution in [3.05, 3.63) is 0 Å². The zero-order valence-electron chi connectivity index (χ0n) is 7.50. The Kier molecular flexibility index (Phi) is 1.84. The molecular formula is C8H11ClO4. The first-order valence-electron chi connectivity index (χ1n) is 4.08. The van der Waals surface area contributed by atoms with Gasteiger partial charge in [0.15, 0.2) is 0 Å². The standard InChI is InChI=1S/C8H11ClO4/c1-11-5-3-7(4-5)8(9,13-7)6(10)12-2/h5H,3-4H2,1-2H3. The Hall–Kier alpha value is -0.320. The number of halogens is 1. The van der Waals surface area contributed by atoms with E-state index in [0.29, 0.717) is 12.8 Å². The molecule has 2 rings (SSSR count). The zero-order chi connectivity index (χ0) is 9.69. The van der Waals surface area contributed by atoms with Crippen molar-refractivity contribution in [3.63, 3.8) is 0 Å². The molecule has 1 atom stereocenters. The molecule has 1 heterocycles. The average Bonchev–Trinajstić information content (AvgIpc) is 2.69. The fourth-order valence-corrected chi connectivity index (χ4v) is 2.17. The van der Waals surface area contributed by atoms with Crippen LogP contribution in [0.4, 0.5) is 0 Å². The summed E-state index contributed by atoms with van der Waals surface area (Å²) in [6.45, 7) is 0. The van der Waals surface area contributed by atoms with E-state index in [1.54, 1.807) is 7.11 Å². The summed E-state index contributed by atoms with van der Waals surface area (Å²) in [6, 6.07) is 0. The molecular weight excluding hydrogens is 196 g/mol. The number of rotatable bonds is 2. The third-order valence-corrected chi connectivity index (χ3v) is 3.35. The highest BCUT2D eigenvalue weighted by atomic mass is 35.5. The van der Waals surface area contributed by atoms with Gasteiger partial charge < -0.3 is 14.2 Å². The highest BCUT2D eigenvalue weighted by Crippen LogP contribution is 2.63. The van der Waals surface area contributed by atoms with Crippen molar-refractivity contribution in [1.29, 1.82) is 0 Å². The molecule has 1 unspecified atom stereocenters. The summed E-state index contributed by atoms with van der Waals surface area (Å²) in [4.78, 5) is 11.2. The van der Waals surface area contributed by atoms with Gasteiger partial charge in [-0.3, -0.25) is 0 Å². The predicted octanol–water partition coefficient (Wildman–Crippen LogP) is 0.672. The first-order chi connectivity index (χ1) is 6.08. The molecule has 0 bridgehead atoms. The van der Waals surface area contributed by atoms with Crippen LogP contribution in [0, 0.1) is 0 Å². The van der Waals surface area contributed by atoms with Gasteiger partial charge in [-0.25, -0.2) is 4.79 Å². The quantitative estimate of drug-likeness (QED) is 0.379. The van der Waals surface area contributed by atoms with Gasteiger partial charge in [-0.05, 0) is 0 Å². The maximum atomic E-state index is 11.2. The SMILES string of the molecule is COC(=O)C1(Cl)OC12CC(OC)C2. The molecule has 1 saturated heterocycles. The van der Waals surface area contributed by atoms with Crippen molar-refractivity contribution in [1.82, 2.24) is 0 Å². The number of hydrogen-bond donors (Lipinski definition) is 0. The highest BCUT2D eigenvalue weighted by Gasteiger charge is 2.80. The molecule has 0 aromatic heterocycles. The largest absolute Gasteiger partial charge is 0.466 e. The van der Waals surface area contributed by atoms with Crippen LogP contribution in [0.2, 0.25) is 0 Å². The van der Waals surface area contributed by atoms with E-state index in [1.165, 1.54) is 7.11 Å². The lowest BCUT2D eigenvalue weighted by Gasteiger charge is -2.32. The average molecular weight is 207 g/mol. The summed E-state index contributed by atoms with van der Waals surface area (Å²) in [5.41, 5.74) is -0.512. The van der Waals surface area contributed by atoms with Gasteiger partial charge in [-0.15, -0.1) is 0 Å². The Labute approximate surface area is 81.1 Å². The Morgan fingerprint density at radius 2 is 2.15 bits per heavy atom. The number of carbonyl (C=O) groups is 1. The van der Waals surface area contributed by atoms with Crippen molar-refractivity contribution >= 4 is 17.6 Å². The van der Waals surface area contributed by atoms with Crippen molar-refractivity contribution in [2.45, 2.75) is 29.6 Å². The maximum absolute atomic E-state index is 11.2. The molecule has 1 saturated carbocycles. The molecule has 74 valence electrons. The molecule has 5 heteroatoms. The van der Waals surface area contributed by atoms with Crippen LogP contribution in [-0.4, -0.2) is 37.0 Å². The van der Waals surface area contributed by atoms with Gasteiger partial charge in [-0.1, -0.05) is 11.6 Å². The molecule has 1 aliphatic heterocycles. The van der Waals surface area contributed by atoms with Crippen molar-refractivity contribution in [2.75, 3.05) is 14.2 Å². The Bertz CT molecular complexity index is 249. The molecule has 4 nitrogen and oxygen atoms in total. The van der Waals surface area contributed by atoms with E-state index in [9.17, 15) is 4.79 Å². The summed E-state index contributed by atoms with van der Waals surface area (Å²) in [6.07, 6.45) is 1.50. The minimum absolute atomic E-state index is 0.158. The second kappa shape index (κ2) is 2.59. The monoisotopic (exact) mass is 206 g/mol. The number of alkyl halides is 1. The summed E-state index contributed by atoms with van der Waals surface area (Å²) >= 11 is 5.92. The predicted molar refractivity (Wildman–Crippen MR) is 44.4 cm³/mol. The van der Waals surface area contributed by atoms with E-state index < -0.39 is 16.6 Å². The Balaban J connectivity index is 1.98. The van der Waals surface area contributed by atoms with E-state index >= 15 is 0 Å². The molecule has 0 radical (unpaired) electrons. The number of esters is 1. The van der Waals surface area contributed by atoms with Crippen LogP contribution in [-0.2, 0) is 19.0 Å². The molecule has 2 aliphatic rings. The van der Waals surface area contributed by atoms with Crippen LogP contribution in [0.1, 0.15) is 12.8 Å². The summed E-state index contributed by atoms with van der Waals surface area (Å²) in [5, 5.41) is -1.24. The molecule has 2 fully saturated rings. The number of ether oxygens (including phenoxy) is 3. The molecule has 1 aliphatic carbocycles. The van der Waals surface area contributed by atoms with Crippen molar-refractivity contribution < 1.29 is 19.0 Å². The van der Waals surface area contributed by atoms with Crippen LogP contribution >= 0.6 is 11.6 Å². The van der Waals surface area contributed by atoms with Gasteiger partial charge in [0.2, 0.25) is 0 Å². The molecule has 0 aromatic carbocycles. The lowest BCUT2D eigenvalue weighted by atomic mass is 9.79. The first kappa shape index (κ1) is 9.24. The van der Waals surface area contributed by atoms with E-state index in [2.05, 4.69) is 4.74 Å². The zero-order valence-corrected chi connectivity index (χ0v) is 8.26. The molecule has 13 heavy (non-hydrogen) atoms. The van der Waals surface area contributed by atoms with Crippen molar-refractivity contribution in [3.8, 4) is 0 Å². The summed E-state index contributed by atoms with van der Waals surface area (Å²) in [7, 11) is 2.93. The van der Waals surface area contributed by atoms with Gasteiger partial charge >= 0.3 is 5.97 Å². The summed E-state index contributed by atoms with van der Waals surface area (Å²) in [5.74, 6) is -0.510. The second-order valence-corrected chi connectivity index (χ2v) is 3.98. The summed E-state index contributed by atoms with van der Waals surface area (Å²) < 4.78 is 14.8. The van der Waals surface area contributed by atoms with Gasteiger partial charge in [-0.2, -0.15) is 0 Å². The van der Waals surface area contributed by atoms with E-state index in [1.807, 2.05) is 0 Å². The normalized spacial score (nSPS) is 47.2. The topological polar surface area (TPSA) is 48.1 Å². The second-order valence-electron chi connectivity index (χ2n) is 3.45. The molecule has 0 amide bonds. The number of epoxide rings is 1. The Morgan fingerprint density at radius 1 is 1.54 bits per heavy atom. The lowest BCUT2D eigenvalue weighted by molar-refractivity contribution is -0.143. The fraction of sp³-hybridized carbons (Fsp3) is 0.875. The maximum Gasteiger partial charge on any atom is 0.357 e. The molecule has 0 N–H and O–H groups in total. The van der Waals surface area contributed by atoms with E-state index in [4.69, 9.17) is 21.1 Å². The van der Waals surface area contributed by atoms with Gasteiger partial charge in [0.25, 0.3) is 5.06 Å². The Morgan fingerprint density at radius 3 is 2.62 bits per heavy atom. The van der Waals surface area contributed by atoms with Crippen LogP contribution in [0.3, 0.4) is 0 Å². The number of methoxy groups -OCH3 is 2.